The Kier molecular flexibility index (Phi) is 4.85. The molecule has 1 N–H and O–H groups in total. The van der Waals surface area contributed by atoms with Gasteiger partial charge in [0.1, 0.15) is 11.6 Å². The lowest BCUT2D eigenvalue weighted by Gasteiger charge is -2.11. The topological polar surface area (TPSA) is 21.3 Å². The Morgan fingerprint density at radius 2 is 1.85 bits per heavy atom. The van der Waals surface area contributed by atoms with Gasteiger partial charge in [0.05, 0.1) is 6.10 Å². The lowest BCUT2D eigenvalue weighted by Crippen LogP contribution is -2.05. The third-order valence-corrected chi connectivity index (χ3v) is 3.08. The van der Waals surface area contributed by atoms with E-state index < -0.39 is 0 Å². The van der Waals surface area contributed by atoms with Gasteiger partial charge in [0.25, 0.3) is 0 Å². The zero-order valence-electron chi connectivity index (χ0n) is 11.5. The molecule has 0 unspecified atom stereocenters. The van der Waals surface area contributed by atoms with Crippen LogP contribution >= 0.6 is 11.6 Å². The predicted molar refractivity (Wildman–Crippen MR) is 80.9 cm³/mol. The Bertz CT molecular complexity index is 569. The molecule has 0 aliphatic heterocycles. The van der Waals surface area contributed by atoms with Crippen LogP contribution in [0.5, 0.6) is 5.75 Å². The van der Waals surface area contributed by atoms with Crippen LogP contribution in [-0.2, 0) is 6.54 Å². The lowest BCUT2D eigenvalue weighted by molar-refractivity contribution is 0.242. The molecular weight excluding hydrogens is 277 g/mol. The number of halogens is 2. The second-order valence-electron chi connectivity index (χ2n) is 4.78. The van der Waals surface area contributed by atoms with Gasteiger partial charge in [-0.1, -0.05) is 17.7 Å². The van der Waals surface area contributed by atoms with Gasteiger partial charge in [-0.05, 0) is 55.8 Å². The number of anilines is 1. The minimum absolute atomic E-state index is 0.159. The molecule has 2 aromatic rings. The van der Waals surface area contributed by atoms with Gasteiger partial charge in [0.2, 0.25) is 0 Å². The smallest absolute Gasteiger partial charge is 0.124 e. The Morgan fingerprint density at radius 3 is 2.45 bits per heavy atom. The van der Waals surface area contributed by atoms with Gasteiger partial charge in [0, 0.05) is 17.3 Å². The van der Waals surface area contributed by atoms with Crippen molar-refractivity contribution >= 4 is 17.3 Å². The quantitative estimate of drug-likeness (QED) is 0.848. The maximum Gasteiger partial charge on any atom is 0.124 e. The van der Waals surface area contributed by atoms with Gasteiger partial charge >= 0.3 is 0 Å². The van der Waals surface area contributed by atoms with Crippen LogP contribution in [0.2, 0.25) is 5.02 Å². The highest BCUT2D eigenvalue weighted by Crippen LogP contribution is 2.20. The van der Waals surface area contributed by atoms with E-state index in [9.17, 15) is 4.39 Å². The molecule has 0 aliphatic carbocycles. The van der Waals surface area contributed by atoms with Crippen LogP contribution in [0.4, 0.5) is 10.1 Å². The fourth-order valence-electron chi connectivity index (χ4n) is 1.79. The van der Waals surface area contributed by atoms with E-state index in [1.54, 1.807) is 6.07 Å². The van der Waals surface area contributed by atoms with E-state index in [0.717, 1.165) is 17.0 Å². The van der Waals surface area contributed by atoms with Gasteiger partial charge in [-0.3, -0.25) is 0 Å². The number of ether oxygens (including phenoxy) is 1. The van der Waals surface area contributed by atoms with E-state index in [1.165, 1.54) is 12.1 Å². The third kappa shape index (κ3) is 4.14. The summed E-state index contributed by atoms with van der Waals surface area (Å²) in [6.45, 7) is 4.52. The standard InChI is InChI=1S/C16H17ClFNO/c1-11(2)20-15-7-5-14(6-8-15)19-10-12-3-4-13(18)9-16(12)17/h3-9,11,19H,10H2,1-2H3. The molecule has 106 valence electrons. The summed E-state index contributed by atoms with van der Waals surface area (Å²) in [7, 11) is 0. The van der Waals surface area contributed by atoms with Gasteiger partial charge in [-0.15, -0.1) is 0 Å². The molecule has 2 nitrogen and oxygen atoms in total. The molecule has 0 bridgehead atoms. The number of rotatable bonds is 5. The van der Waals surface area contributed by atoms with E-state index in [2.05, 4.69) is 5.32 Å². The average molecular weight is 294 g/mol. The van der Waals surface area contributed by atoms with E-state index in [0.29, 0.717) is 11.6 Å². The predicted octanol–water partition coefficient (Wildman–Crippen LogP) is 4.88. The first kappa shape index (κ1) is 14.7. The number of nitrogens with one attached hydrogen (secondary N) is 1. The summed E-state index contributed by atoms with van der Waals surface area (Å²) in [6.07, 6.45) is 0.159. The summed E-state index contributed by atoms with van der Waals surface area (Å²) in [6, 6.07) is 12.1. The molecule has 0 atom stereocenters. The lowest BCUT2D eigenvalue weighted by atomic mass is 10.2. The Hall–Kier alpha value is -1.74. The maximum absolute atomic E-state index is 12.9. The summed E-state index contributed by atoms with van der Waals surface area (Å²) >= 11 is 5.98. The minimum Gasteiger partial charge on any atom is -0.491 e. The summed E-state index contributed by atoms with van der Waals surface area (Å²) in [5, 5.41) is 3.67. The van der Waals surface area contributed by atoms with Gasteiger partial charge in [-0.2, -0.15) is 0 Å². The molecule has 0 aliphatic rings. The largest absolute Gasteiger partial charge is 0.491 e. The summed E-state index contributed by atoms with van der Waals surface area (Å²) < 4.78 is 18.5. The summed E-state index contributed by atoms with van der Waals surface area (Å²) in [5.41, 5.74) is 1.82. The molecule has 0 fully saturated rings. The summed E-state index contributed by atoms with van der Waals surface area (Å²) in [5.74, 6) is 0.513. The van der Waals surface area contributed by atoms with E-state index >= 15 is 0 Å². The minimum atomic E-state index is -0.325. The van der Waals surface area contributed by atoms with E-state index in [-0.39, 0.29) is 11.9 Å². The third-order valence-electron chi connectivity index (χ3n) is 2.72. The molecule has 0 amide bonds. The fraction of sp³-hybridized carbons (Fsp3) is 0.250. The molecule has 2 rings (SSSR count). The van der Waals surface area contributed by atoms with Crippen molar-refractivity contribution in [3.05, 3.63) is 58.9 Å². The number of benzene rings is 2. The second-order valence-corrected chi connectivity index (χ2v) is 5.19. The first-order chi connectivity index (χ1) is 9.54. The molecule has 0 saturated carbocycles. The molecular formula is C16H17ClFNO. The molecule has 2 aromatic carbocycles. The Balaban J connectivity index is 1.96. The van der Waals surface area contributed by atoms with Crippen molar-refractivity contribution in [3.63, 3.8) is 0 Å². The normalized spacial score (nSPS) is 10.7. The molecule has 4 heteroatoms. The van der Waals surface area contributed by atoms with Crippen molar-refractivity contribution in [3.8, 4) is 5.75 Å². The average Bonchev–Trinajstić information content (AvgIpc) is 2.39. The maximum atomic E-state index is 12.9. The first-order valence-electron chi connectivity index (χ1n) is 6.49. The van der Waals surface area contributed by atoms with Crippen molar-refractivity contribution in [1.29, 1.82) is 0 Å². The van der Waals surface area contributed by atoms with Crippen LogP contribution in [0.1, 0.15) is 19.4 Å². The SMILES string of the molecule is CC(C)Oc1ccc(NCc2ccc(F)cc2Cl)cc1. The van der Waals surface area contributed by atoms with Crippen molar-refractivity contribution in [2.75, 3.05) is 5.32 Å². The highest BCUT2D eigenvalue weighted by Gasteiger charge is 2.02. The Labute approximate surface area is 123 Å². The van der Waals surface area contributed by atoms with Crippen molar-refractivity contribution in [2.45, 2.75) is 26.5 Å². The first-order valence-corrected chi connectivity index (χ1v) is 6.87. The molecule has 0 spiro atoms. The molecule has 20 heavy (non-hydrogen) atoms. The van der Waals surface area contributed by atoms with Gasteiger partial charge in [0.15, 0.2) is 0 Å². The monoisotopic (exact) mass is 293 g/mol. The molecule has 0 heterocycles. The highest BCUT2D eigenvalue weighted by atomic mass is 35.5. The van der Waals surface area contributed by atoms with Crippen molar-refractivity contribution in [2.24, 2.45) is 0 Å². The highest BCUT2D eigenvalue weighted by molar-refractivity contribution is 6.31. The zero-order chi connectivity index (χ0) is 14.5. The molecule has 0 aromatic heterocycles. The van der Waals surface area contributed by atoms with Crippen LogP contribution in [0.3, 0.4) is 0 Å². The van der Waals surface area contributed by atoms with Gasteiger partial charge in [-0.25, -0.2) is 4.39 Å². The van der Waals surface area contributed by atoms with Crippen LogP contribution in [-0.4, -0.2) is 6.10 Å². The van der Waals surface area contributed by atoms with Crippen LogP contribution in [0.25, 0.3) is 0 Å². The van der Waals surface area contributed by atoms with E-state index in [1.807, 2.05) is 38.1 Å². The Morgan fingerprint density at radius 1 is 1.15 bits per heavy atom. The summed E-state index contributed by atoms with van der Waals surface area (Å²) in [4.78, 5) is 0. The molecule has 0 saturated heterocycles. The van der Waals surface area contributed by atoms with E-state index in [4.69, 9.17) is 16.3 Å². The number of hydrogen-bond acceptors (Lipinski definition) is 2. The van der Waals surface area contributed by atoms with Crippen LogP contribution in [0, 0.1) is 5.82 Å². The van der Waals surface area contributed by atoms with Crippen LogP contribution in [0.15, 0.2) is 42.5 Å². The van der Waals surface area contributed by atoms with Crippen LogP contribution < -0.4 is 10.1 Å². The fourth-order valence-corrected chi connectivity index (χ4v) is 2.02. The van der Waals surface area contributed by atoms with Crippen molar-refractivity contribution in [1.82, 2.24) is 0 Å². The second kappa shape index (κ2) is 6.62. The van der Waals surface area contributed by atoms with Gasteiger partial charge < -0.3 is 10.1 Å². The number of hydrogen-bond donors (Lipinski definition) is 1. The van der Waals surface area contributed by atoms with Crippen molar-refractivity contribution < 1.29 is 9.13 Å². The zero-order valence-corrected chi connectivity index (χ0v) is 12.2. The molecule has 0 radical (unpaired) electrons.